The van der Waals surface area contributed by atoms with E-state index in [4.69, 9.17) is 9.79 Å². The smallest absolute Gasteiger partial charge is 0.344 e. The molecule has 0 aromatic heterocycles. The number of hydrogen-bond acceptors (Lipinski definition) is 4. The monoisotopic (exact) mass is 214 g/mol. The molecule has 7 heteroatoms. The summed E-state index contributed by atoms with van der Waals surface area (Å²) in [4.78, 5) is 16.9. The first-order valence-corrected chi connectivity index (χ1v) is 5.35. The molecule has 0 spiro atoms. The molecule has 1 rings (SSSR count). The average molecular weight is 214 g/mol. The van der Waals surface area contributed by atoms with Gasteiger partial charge in [-0.3, -0.25) is 4.52 Å². The van der Waals surface area contributed by atoms with Crippen LogP contribution in [0, 0.1) is 0 Å². The highest BCUT2D eigenvalue weighted by Gasteiger charge is 2.23. The number of rotatable bonds is 2. The van der Waals surface area contributed by atoms with Crippen LogP contribution in [0.3, 0.4) is 0 Å². The maximum Gasteiger partial charge on any atom is 0.469 e. The van der Waals surface area contributed by atoms with Crippen molar-refractivity contribution in [3.63, 3.8) is 0 Å². The molecule has 13 heavy (non-hydrogen) atoms. The second-order valence-corrected chi connectivity index (χ2v) is 4.05. The van der Waals surface area contributed by atoms with Gasteiger partial charge in [-0.2, -0.15) is 0 Å². The van der Waals surface area contributed by atoms with Crippen molar-refractivity contribution in [3.05, 3.63) is 0 Å². The van der Waals surface area contributed by atoms with Gasteiger partial charge >= 0.3 is 7.82 Å². The van der Waals surface area contributed by atoms with Gasteiger partial charge in [0.05, 0.1) is 6.10 Å². The maximum absolute atomic E-state index is 10.4. The lowest BCUT2D eigenvalue weighted by Crippen LogP contribution is -2.14. The Morgan fingerprint density at radius 3 is 1.92 bits per heavy atom. The summed E-state index contributed by atoms with van der Waals surface area (Å²) < 4.78 is 14.9. The zero-order valence-corrected chi connectivity index (χ0v) is 8.58. The molecule has 0 bridgehead atoms. The lowest BCUT2D eigenvalue weighted by atomic mass is 9.98. The summed E-state index contributed by atoms with van der Waals surface area (Å²) in [6.45, 7) is 0. The Hall–Kier alpha value is 0.0300. The first kappa shape index (κ1) is 15.5. The minimum Gasteiger partial charge on any atom is -0.344 e. The molecule has 0 aliphatic heterocycles. The highest BCUT2D eigenvalue weighted by atomic mass is 31.2. The van der Waals surface area contributed by atoms with Crippen LogP contribution in [0.4, 0.5) is 0 Å². The van der Waals surface area contributed by atoms with Crippen LogP contribution in [-0.4, -0.2) is 15.9 Å². The minimum absolute atomic E-state index is 0. The molecule has 0 atom stereocenters. The minimum atomic E-state index is -4.23. The SMILES string of the molecule is N.N.O=P(O)(O)OC1CCCCC1. The summed E-state index contributed by atoms with van der Waals surface area (Å²) in [7, 11) is -4.23. The van der Waals surface area contributed by atoms with E-state index in [2.05, 4.69) is 4.52 Å². The highest BCUT2D eigenvalue weighted by molar-refractivity contribution is 7.46. The first-order valence-electron chi connectivity index (χ1n) is 3.82. The molecule has 0 heterocycles. The quantitative estimate of drug-likeness (QED) is 0.517. The van der Waals surface area contributed by atoms with Crippen LogP contribution in [0.1, 0.15) is 32.1 Å². The van der Waals surface area contributed by atoms with Crippen LogP contribution in [0.15, 0.2) is 0 Å². The van der Waals surface area contributed by atoms with Gasteiger partial charge < -0.3 is 22.1 Å². The fourth-order valence-corrected chi connectivity index (χ4v) is 1.96. The first-order chi connectivity index (χ1) is 5.08. The molecule has 0 aromatic carbocycles. The maximum atomic E-state index is 10.4. The predicted octanol–water partition coefficient (Wildman–Crippen LogP) is 1.75. The summed E-state index contributed by atoms with van der Waals surface area (Å²) in [6, 6.07) is 0. The molecule has 0 amide bonds. The van der Waals surface area contributed by atoms with Gasteiger partial charge in [-0.15, -0.1) is 0 Å². The van der Waals surface area contributed by atoms with E-state index in [1.165, 1.54) is 0 Å². The topological polar surface area (TPSA) is 137 Å². The van der Waals surface area contributed by atoms with Crippen molar-refractivity contribution in [2.24, 2.45) is 0 Å². The summed E-state index contributed by atoms with van der Waals surface area (Å²) in [5, 5.41) is 0. The van der Waals surface area contributed by atoms with E-state index in [1.54, 1.807) is 0 Å². The second kappa shape index (κ2) is 6.48. The molecular weight excluding hydrogens is 195 g/mol. The number of hydrogen-bond donors (Lipinski definition) is 4. The Morgan fingerprint density at radius 2 is 1.54 bits per heavy atom. The molecule has 1 fully saturated rings. The molecule has 0 radical (unpaired) electrons. The van der Waals surface area contributed by atoms with Crippen molar-refractivity contribution in [3.8, 4) is 0 Å². The molecule has 82 valence electrons. The van der Waals surface area contributed by atoms with Crippen LogP contribution in [-0.2, 0) is 9.09 Å². The van der Waals surface area contributed by atoms with Gasteiger partial charge in [0, 0.05) is 0 Å². The predicted molar refractivity (Wildman–Crippen MR) is 50.0 cm³/mol. The lowest BCUT2D eigenvalue weighted by Gasteiger charge is -2.21. The summed E-state index contributed by atoms with van der Waals surface area (Å²) in [5.41, 5.74) is 0. The normalized spacial score (nSPS) is 18.6. The zero-order chi connectivity index (χ0) is 8.32. The van der Waals surface area contributed by atoms with Gasteiger partial charge in [-0.1, -0.05) is 19.3 Å². The molecule has 0 aromatic rings. The molecule has 0 unspecified atom stereocenters. The summed E-state index contributed by atoms with van der Waals surface area (Å²) >= 11 is 0. The third kappa shape index (κ3) is 7.13. The van der Waals surface area contributed by atoms with E-state index in [0.29, 0.717) is 0 Å². The molecule has 8 N–H and O–H groups in total. The molecular formula is C6H19N2O4P. The fourth-order valence-electron chi connectivity index (χ4n) is 1.36. The fraction of sp³-hybridized carbons (Fsp3) is 1.00. The number of phosphoric acid groups is 1. The molecule has 1 saturated carbocycles. The Balaban J connectivity index is 0. The third-order valence-corrected chi connectivity index (χ3v) is 2.41. The van der Waals surface area contributed by atoms with Crippen molar-refractivity contribution < 1.29 is 18.9 Å². The van der Waals surface area contributed by atoms with Crippen molar-refractivity contribution in [2.45, 2.75) is 38.2 Å². The van der Waals surface area contributed by atoms with Gasteiger partial charge in [0.25, 0.3) is 0 Å². The van der Waals surface area contributed by atoms with E-state index in [1.807, 2.05) is 0 Å². The van der Waals surface area contributed by atoms with Gasteiger partial charge in [0.15, 0.2) is 0 Å². The van der Waals surface area contributed by atoms with Gasteiger partial charge in [-0.25, -0.2) is 4.57 Å². The van der Waals surface area contributed by atoms with E-state index in [9.17, 15) is 4.57 Å². The van der Waals surface area contributed by atoms with E-state index < -0.39 is 7.82 Å². The Kier molecular flexibility index (Phi) is 7.72. The van der Waals surface area contributed by atoms with E-state index in [-0.39, 0.29) is 18.4 Å². The van der Waals surface area contributed by atoms with Crippen molar-refractivity contribution in [2.75, 3.05) is 0 Å². The van der Waals surface area contributed by atoms with Gasteiger partial charge in [-0.05, 0) is 12.8 Å². The summed E-state index contributed by atoms with van der Waals surface area (Å²) in [5.74, 6) is 0. The zero-order valence-electron chi connectivity index (χ0n) is 7.69. The van der Waals surface area contributed by atoms with Crippen LogP contribution in [0.2, 0.25) is 0 Å². The highest BCUT2D eigenvalue weighted by Crippen LogP contribution is 2.40. The van der Waals surface area contributed by atoms with Crippen LogP contribution >= 0.6 is 7.82 Å². The number of phosphoric ester groups is 1. The average Bonchev–Trinajstić information content (AvgIpc) is 1.85. The van der Waals surface area contributed by atoms with Gasteiger partial charge in [0.1, 0.15) is 0 Å². The van der Waals surface area contributed by atoms with Crippen LogP contribution in [0.25, 0.3) is 0 Å². The lowest BCUT2D eigenvalue weighted by molar-refractivity contribution is 0.104. The molecule has 6 nitrogen and oxygen atoms in total. The van der Waals surface area contributed by atoms with Crippen molar-refractivity contribution in [1.29, 1.82) is 0 Å². The van der Waals surface area contributed by atoms with Gasteiger partial charge in [0.2, 0.25) is 0 Å². The summed E-state index contributed by atoms with van der Waals surface area (Å²) in [6.07, 6.45) is 4.54. The van der Waals surface area contributed by atoms with Crippen LogP contribution < -0.4 is 12.3 Å². The van der Waals surface area contributed by atoms with Crippen molar-refractivity contribution in [1.82, 2.24) is 12.3 Å². The third-order valence-electron chi connectivity index (χ3n) is 1.84. The van der Waals surface area contributed by atoms with Crippen LogP contribution in [0.5, 0.6) is 0 Å². The molecule has 0 saturated heterocycles. The van der Waals surface area contributed by atoms with E-state index >= 15 is 0 Å². The molecule has 1 aliphatic carbocycles. The van der Waals surface area contributed by atoms with Crippen molar-refractivity contribution >= 4 is 7.82 Å². The Morgan fingerprint density at radius 1 is 1.08 bits per heavy atom. The largest absolute Gasteiger partial charge is 0.469 e. The molecule has 1 aliphatic rings. The Labute approximate surface area is 78.1 Å². The van der Waals surface area contributed by atoms with E-state index in [0.717, 1.165) is 32.1 Å². The Bertz CT molecular complexity index is 166. The second-order valence-electron chi connectivity index (χ2n) is 2.86. The standard InChI is InChI=1S/C6H13O4P.2H3N/c7-11(8,9)10-6-4-2-1-3-5-6;;/h6H,1-5H2,(H2,7,8,9);2*1H3.